The van der Waals surface area contributed by atoms with Crippen molar-refractivity contribution in [2.24, 2.45) is 0 Å². The van der Waals surface area contributed by atoms with E-state index in [2.05, 4.69) is 28.8 Å². The fourth-order valence-electron chi connectivity index (χ4n) is 3.78. The van der Waals surface area contributed by atoms with Crippen LogP contribution < -0.4 is 15.3 Å². The molecule has 4 rings (SSSR count). The molecule has 26 heavy (non-hydrogen) atoms. The Balaban J connectivity index is 2.09. The molecule has 140 valence electrons. The second-order valence-corrected chi connectivity index (χ2v) is 8.38. The van der Waals surface area contributed by atoms with Crippen molar-refractivity contribution in [1.29, 1.82) is 0 Å². The number of fused-ring (bicyclic) bond motifs is 2. The molecule has 2 aliphatic rings. The number of aromatic nitrogens is 2. The highest BCUT2D eigenvalue weighted by Crippen LogP contribution is 2.44. The summed E-state index contributed by atoms with van der Waals surface area (Å²) in [6.45, 7) is 5.74. The van der Waals surface area contributed by atoms with Gasteiger partial charge in [-0.3, -0.25) is 4.90 Å². The maximum Gasteiger partial charge on any atom is 0.359 e. The largest absolute Gasteiger partial charge is 0.491 e. The van der Waals surface area contributed by atoms with Gasteiger partial charge in [-0.2, -0.15) is 4.98 Å². The standard InChI is InChI=1S/C17H19ClFIN4O2/c1-8-6-23-10(7-22(8)3)4-5-26-15-11-14(13(19)9(2)12(15)18)24(20)17(25)21-16(11)23/h8,10H,4-7H2,1-3H3. The topological polar surface area (TPSA) is 50.6 Å². The zero-order valence-corrected chi connectivity index (χ0v) is 17.6. The lowest BCUT2D eigenvalue weighted by Crippen LogP contribution is -2.57. The first kappa shape index (κ1) is 18.2. The van der Waals surface area contributed by atoms with Gasteiger partial charge in [0.2, 0.25) is 0 Å². The lowest BCUT2D eigenvalue weighted by Gasteiger charge is -2.45. The van der Waals surface area contributed by atoms with Crippen molar-refractivity contribution in [2.75, 3.05) is 31.6 Å². The third kappa shape index (κ3) is 2.60. The van der Waals surface area contributed by atoms with E-state index in [0.29, 0.717) is 36.1 Å². The minimum atomic E-state index is -0.508. The Bertz CT molecular complexity index is 966. The Morgan fingerprint density at radius 1 is 1.38 bits per heavy atom. The minimum absolute atomic E-state index is 0.146. The van der Waals surface area contributed by atoms with Gasteiger partial charge in [0.25, 0.3) is 0 Å². The van der Waals surface area contributed by atoms with Gasteiger partial charge in [0.05, 0.1) is 39.9 Å². The summed E-state index contributed by atoms with van der Waals surface area (Å²) >= 11 is 8.20. The maximum atomic E-state index is 15.1. The highest BCUT2D eigenvalue weighted by Gasteiger charge is 2.35. The first-order valence-electron chi connectivity index (χ1n) is 8.51. The summed E-state index contributed by atoms with van der Waals surface area (Å²) in [5.74, 6) is 0.378. The second-order valence-electron chi connectivity index (χ2n) is 7.04. The van der Waals surface area contributed by atoms with E-state index in [1.165, 1.54) is 2.78 Å². The number of benzene rings is 1. The third-order valence-corrected chi connectivity index (χ3v) is 6.79. The SMILES string of the molecule is Cc1c(Cl)c2c3c(nc(=O)n(I)c3c1F)N1CC(C)N(C)CC1CCO2. The summed E-state index contributed by atoms with van der Waals surface area (Å²) in [5, 5.41) is 0.724. The van der Waals surface area contributed by atoms with Crippen LogP contribution in [0.1, 0.15) is 18.9 Å². The molecule has 2 atom stereocenters. The Morgan fingerprint density at radius 2 is 2.12 bits per heavy atom. The molecule has 0 radical (unpaired) electrons. The zero-order chi connectivity index (χ0) is 18.7. The van der Waals surface area contributed by atoms with Crippen molar-refractivity contribution in [3.8, 4) is 5.75 Å². The predicted octanol–water partition coefficient (Wildman–Crippen LogP) is 2.99. The predicted molar refractivity (Wildman–Crippen MR) is 108 cm³/mol. The molecule has 2 unspecified atom stereocenters. The number of hydrogen-bond donors (Lipinski definition) is 0. The van der Waals surface area contributed by atoms with E-state index in [4.69, 9.17) is 16.3 Å². The van der Waals surface area contributed by atoms with Gasteiger partial charge in [-0.05, 0) is 20.9 Å². The van der Waals surface area contributed by atoms with Crippen molar-refractivity contribution in [3.05, 3.63) is 26.9 Å². The van der Waals surface area contributed by atoms with Crippen LogP contribution in [0.2, 0.25) is 5.02 Å². The minimum Gasteiger partial charge on any atom is -0.491 e. The average Bonchev–Trinajstić information content (AvgIpc) is 2.59. The van der Waals surface area contributed by atoms with Gasteiger partial charge in [-0.25, -0.2) is 12.0 Å². The molecule has 0 aliphatic carbocycles. The summed E-state index contributed by atoms with van der Waals surface area (Å²) in [4.78, 5) is 21.2. The van der Waals surface area contributed by atoms with Crippen molar-refractivity contribution in [1.82, 2.24) is 12.7 Å². The van der Waals surface area contributed by atoms with Gasteiger partial charge >= 0.3 is 5.69 Å². The molecule has 0 amide bonds. The summed E-state index contributed by atoms with van der Waals surface area (Å²) in [6, 6.07) is 0.437. The Morgan fingerprint density at radius 3 is 2.85 bits per heavy atom. The molecular formula is C17H19ClFIN4O2. The molecule has 1 fully saturated rings. The quantitative estimate of drug-likeness (QED) is 0.529. The van der Waals surface area contributed by atoms with E-state index in [1.54, 1.807) is 29.8 Å². The van der Waals surface area contributed by atoms with Crippen molar-refractivity contribution < 1.29 is 9.13 Å². The van der Waals surface area contributed by atoms with E-state index < -0.39 is 11.5 Å². The van der Waals surface area contributed by atoms with Gasteiger partial charge in [0.1, 0.15) is 11.3 Å². The van der Waals surface area contributed by atoms with Crippen LogP contribution in [-0.4, -0.2) is 51.5 Å². The number of rotatable bonds is 0. The van der Waals surface area contributed by atoms with Crippen molar-refractivity contribution >= 4 is 51.2 Å². The molecule has 3 heterocycles. The fourth-order valence-corrected chi connectivity index (χ4v) is 4.57. The average molecular weight is 493 g/mol. The molecule has 0 bridgehead atoms. The van der Waals surface area contributed by atoms with E-state index in [0.717, 1.165) is 13.0 Å². The van der Waals surface area contributed by atoms with Crippen LogP contribution in [0.4, 0.5) is 10.2 Å². The third-order valence-electron chi connectivity index (χ3n) is 5.44. The number of ether oxygens (including phenoxy) is 1. The fraction of sp³-hybridized carbons (Fsp3) is 0.529. The molecule has 0 N–H and O–H groups in total. The molecule has 1 aromatic heterocycles. The molecular weight excluding hydrogens is 474 g/mol. The van der Waals surface area contributed by atoms with Gasteiger partial charge in [0.15, 0.2) is 11.6 Å². The first-order valence-corrected chi connectivity index (χ1v) is 9.85. The Labute approximate surface area is 169 Å². The maximum absolute atomic E-state index is 15.1. The Kier molecular flexibility index (Phi) is 4.55. The summed E-state index contributed by atoms with van der Waals surface area (Å²) in [6.07, 6.45) is 0.778. The lowest BCUT2D eigenvalue weighted by molar-refractivity contribution is 0.179. The van der Waals surface area contributed by atoms with Crippen LogP contribution in [-0.2, 0) is 0 Å². The van der Waals surface area contributed by atoms with Gasteiger partial charge in [0, 0.05) is 37.2 Å². The van der Waals surface area contributed by atoms with Crippen LogP contribution >= 0.6 is 34.5 Å². The first-order chi connectivity index (χ1) is 12.3. The summed E-state index contributed by atoms with van der Waals surface area (Å²) < 4.78 is 22.2. The molecule has 2 aromatic rings. The molecule has 6 nitrogen and oxygen atoms in total. The lowest BCUT2D eigenvalue weighted by atomic mass is 10.0. The van der Waals surface area contributed by atoms with Crippen molar-refractivity contribution in [3.63, 3.8) is 0 Å². The van der Waals surface area contributed by atoms with Crippen LogP contribution in [0.5, 0.6) is 5.75 Å². The van der Waals surface area contributed by atoms with Gasteiger partial charge in [-0.15, -0.1) is 0 Å². The molecule has 2 aliphatic heterocycles. The number of likely N-dealkylation sites (N-methyl/N-ethyl adjacent to an activating group) is 1. The Hall–Kier alpha value is -1.13. The van der Waals surface area contributed by atoms with E-state index >= 15 is 4.39 Å². The van der Waals surface area contributed by atoms with Crippen LogP contribution in [0.25, 0.3) is 10.9 Å². The van der Waals surface area contributed by atoms with Crippen molar-refractivity contribution in [2.45, 2.75) is 32.4 Å². The number of anilines is 1. The van der Waals surface area contributed by atoms with Gasteiger partial charge < -0.3 is 9.64 Å². The summed E-state index contributed by atoms with van der Waals surface area (Å²) in [5.41, 5.74) is -0.0321. The second kappa shape index (κ2) is 6.49. The molecule has 1 aromatic carbocycles. The molecule has 0 spiro atoms. The van der Waals surface area contributed by atoms with Gasteiger partial charge in [-0.1, -0.05) is 11.6 Å². The van der Waals surface area contributed by atoms with E-state index in [9.17, 15) is 4.79 Å². The highest BCUT2D eigenvalue weighted by atomic mass is 127. The van der Waals surface area contributed by atoms with E-state index in [-0.39, 0.29) is 22.1 Å². The highest BCUT2D eigenvalue weighted by molar-refractivity contribution is 14.1. The number of piperazine rings is 1. The molecule has 0 saturated carbocycles. The van der Waals surface area contributed by atoms with Crippen LogP contribution in [0.15, 0.2) is 4.79 Å². The number of hydrogen-bond acceptors (Lipinski definition) is 5. The molecule has 9 heteroatoms. The zero-order valence-electron chi connectivity index (χ0n) is 14.7. The normalized spacial score (nSPS) is 23.4. The van der Waals surface area contributed by atoms with Crippen LogP contribution in [0, 0.1) is 12.7 Å². The smallest absolute Gasteiger partial charge is 0.359 e. The van der Waals surface area contributed by atoms with Crippen LogP contribution in [0.3, 0.4) is 0 Å². The number of nitrogens with zero attached hydrogens (tertiary/aromatic N) is 4. The summed E-state index contributed by atoms with van der Waals surface area (Å²) in [7, 11) is 2.08. The number of halogens is 3. The van der Waals surface area contributed by atoms with E-state index in [1.807, 2.05) is 0 Å². The molecule has 1 saturated heterocycles. The monoisotopic (exact) mass is 492 g/mol.